The van der Waals surface area contributed by atoms with E-state index in [2.05, 4.69) is 0 Å². The molecule has 1 fully saturated rings. The Morgan fingerprint density at radius 2 is 1.86 bits per heavy atom. The predicted octanol–water partition coefficient (Wildman–Crippen LogP) is 0.587. The van der Waals surface area contributed by atoms with Gasteiger partial charge >= 0.3 is 11.9 Å². The van der Waals surface area contributed by atoms with Crippen LogP contribution < -0.4 is 0 Å². The molecule has 2 unspecified atom stereocenters. The third kappa shape index (κ3) is 2.04. The van der Waals surface area contributed by atoms with Crippen LogP contribution >= 0.6 is 0 Å². The van der Waals surface area contributed by atoms with Gasteiger partial charge in [0.05, 0.1) is 24.0 Å². The van der Waals surface area contributed by atoms with Crippen LogP contribution in [0.15, 0.2) is 0 Å². The Labute approximate surface area is 81.7 Å². The largest absolute Gasteiger partial charge is 0.481 e. The maximum atomic E-state index is 10.9. The van der Waals surface area contributed by atoms with Gasteiger partial charge in [0.25, 0.3) is 0 Å². The highest BCUT2D eigenvalue weighted by atomic mass is 16.5. The molecule has 80 valence electrons. The quantitative estimate of drug-likeness (QED) is 0.684. The Morgan fingerprint density at radius 3 is 2.29 bits per heavy atom. The van der Waals surface area contributed by atoms with E-state index in [1.54, 1.807) is 13.8 Å². The molecule has 0 spiro atoms. The first-order valence-electron chi connectivity index (χ1n) is 4.44. The van der Waals surface area contributed by atoms with E-state index in [9.17, 15) is 9.59 Å². The SMILES string of the molecule is CC1(C)OCC(C(=O)O)CC1C(=O)O. The molecule has 5 nitrogen and oxygen atoms in total. The molecule has 0 saturated carbocycles. The maximum absolute atomic E-state index is 10.9. The van der Waals surface area contributed by atoms with Gasteiger partial charge in [0.15, 0.2) is 0 Å². The van der Waals surface area contributed by atoms with Gasteiger partial charge in [0, 0.05) is 0 Å². The Hall–Kier alpha value is -1.10. The van der Waals surface area contributed by atoms with E-state index in [1.807, 2.05) is 0 Å². The summed E-state index contributed by atoms with van der Waals surface area (Å²) in [5.74, 6) is -3.45. The highest BCUT2D eigenvalue weighted by Crippen LogP contribution is 2.33. The predicted molar refractivity (Wildman–Crippen MR) is 46.9 cm³/mol. The third-order valence-electron chi connectivity index (χ3n) is 2.66. The van der Waals surface area contributed by atoms with E-state index in [4.69, 9.17) is 14.9 Å². The van der Waals surface area contributed by atoms with Crippen LogP contribution in [0.25, 0.3) is 0 Å². The van der Waals surface area contributed by atoms with Gasteiger partial charge in [-0.2, -0.15) is 0 Å². The lowest BCUT2D eigenvalue weighted by atomic mass is 9.80. The molecule has 1 heterocycles. The van der Waals surface area contributed by atoms with Gasteiger partial charge in [-0.1, -0.05) is 0 Å². The van der Waals surface area contributed by atoms with Crippen molar-refractivity contribution < 1.29 is 24.5 Å². The summed E-state index contributed by atoms with van der Waals surface area (Å²) in [7, 11) is 0. The van der Waals surface area contributed by atoms with Gasteiger partial charge in [-0.15, -0.1) is 0 Å². The molecule has 0 aromatic carbocycles. The molecule has 1 saturated heterocycles. The Kier molecular flexibility index (Phi) is 2.80. The van der Waals surface area contributed by atoms with Crippen LogP contribution in [-0.4, -0.2) is 34.4 Å². The van der Waals surface area contributed by atoms with Crippen molar-refractivity contribution in [2.75, 3.05) is 6.61 Å². The summed E-state index contributed by atoms with van der Waals surface area (Å²) in [5, 5.41) is 17.6. The van der Waals surface area contributed by atoms with Gasteiger partial charge in [0.1, 0.15) is 0 Å². The minimum atomic E-state index is -0.999. The molecule has 1 rings (SSSR count). The molecule has 2 N–H and O–H groups in total. The van der Waals surface area contributed by atoms with Crippen LogP contribution in [0.5, 0.6) is 0 Å². The number of rotatable bonds is 2. The zero-order valence-corrected chi connectivity index (χ0v) is 8.19. The normalized spacial score (nSPS) is 31.0. The van der Waals surface area contributed by atoms with Gasteiger partial charge < -0.3 is 14.9 Å². The molecule has 0 radical (unpaired) electrons. The zero-order chi connectivity index (χ0) is 10.9. The molecule has 14 heavy (non-hydrogen) atoms. The number of aliphatic carboxylic acids is 2. The standard InChI is InChI=1S/C9H14O5/c1-9(2)6(8(12)13)3-5(4-14-9)7(10)11/h5-6H,3-4H2,1-2H3,(H,10,11)(H,12,13). The fourth-order valence-corrected chi connectivity index (χ4v) is 1.62. The summed E-state index contributed by atoms with van der Waals surface area (Å²) in [6, 6.07) is 0. The van der Waals surface area contributed by atoms with Gasteiger partial charge in [0.2, 0.25) is 0 Å². The lowest BCUT2D eigenvalue weighted by Gasteiger charge is -2.38. The van der Waals surface area contributed by atoms with Gasteiger partial charge in [-0.3, -0.25) is 9.59 Å². The van der Waals surface area contributed by atoms with Crippen LogP contribution in [0.1, 0.15) is 20.3 Å². The summed E-state index contributed by atoms with van der Waals surface area (Å²) in [6.45, 7) is 3.43. The number of carboxylic acids is 2. The molecule has 0 amide bonds. The molecule has 1 aliphatic rings. The fraction of sp³-hybridized carbons (Fsp3) is 0.778. The van der Waals surface area contributed by atoms with Crippen molar-refractivity contribution >= 4 is 11.9 Å². The molecule has 5 heteroatoms. The van der Waals surface area contributed by atoms with Crippen LogP contribution in [0.3, 0.4) is 0 Å². The average Bonchev–Trinajstić information content (AvgIpc) is 2.02. The van der Waals surface area contributed by atoms with Crippen molar-refractivity contribution in [2.24, 2.45) is 11.8 Å². The number of hydrogen-bond donors (Lipinski definition) is 2. The van der Waals surface area contributed by atoms with Crippen LogP contribution in [0.2, 0.25) is 0 Å². The van der Waals surface area contributed by atoms with E-state index in [-0.39, 0.29) is 13.0 Å². The van der Waals surface area contributed by atoms with E-state index in [0.717, 1.165) is 0 Å². The Balaban J connectivity index is 2.77. The summed E-state index contributed by atoms with van der Waals surface area (Å²) < 4.78 is 5.25. The first-order chi connectivity index (χ1) is 6.34. The van der Waals surface area contributed by atoms with Crippen molar-refractivity contribution in [1.29, 1.82) is 0 Å². The number of carbonyl (C=O) groups is 2. The topological polar surface area (TPSA) is 83.8 Å². The van der Waals surface area contributed by atoms with Crippen molar-refractivity contribution in [1.82, 2.24) is 0 Å². The lowest BCUT2D eigenvalue weighted by molar-refractivity contribution is -0.175. The summed E-state index contributed by atoms with van der Waals surface area (Å²) in [6.07, 6.45) is 0.137. The minimum absolute atomic E-state index is 0.0894. The van der Waals surface area contributed by atoms with Crippen molar-refractivity contribution in [3.63, 3.8) is 0 Å². The molecule has 0 aromatic rings. The molecule has 0 aromatic heterocycles. The van der Waals surface area contributed by atoms with Crippen molar-refractivity contribution in [3.05, 3.63) is 0 Å². The highest BCUT2D eigenvalue weighted by Gasteiger charge is 2.44. The molecule has 2 atom stereocenters. The summed E-state index contributed by atoms with van der Waals surface area (Å²) >= 11 is 0. The maximum Gasteiger partial charge on any atom is 0.309 e. The molecule has 0 aliphatic carbocycles. The fourth-order valence-electron chi connectivity index (χ4n) is 1.62. The second-order valence-corrected chi connectivity index (χ2v) is 4.08. The van der Waals surface area contributed by atoms with E-state index < -0.39 is 29.4 Å². The lowest BCUT2D eigenvalue weighted by Crippen LogP contribution is -2.47. The van der Waals surface area contributed by atoms with Crippen LogP contribution in [0.4, 0.5) is 0 Å². The number of hydrogen-bond acceptors (Lipinski definition) is 3. The Bertz CT molecular complexity index is 258. The zero-order valence-electron chi connectivity index (χ0n) is 8.19. The van der Waals surface area contributed by atoms with Crippen LogP contribution in [-0.2, 0) is 14.3 Å². The second kappa shape index (κ2) is 3.57. The first-order valence-corrected chi connectivity index (χ1v) is 4.44. The smallest absolute Gasteiger partial charge is 0.309 e. The average molecular weight is 202 g/mol. The van der Waals surface area contributed by atoms with Crippen molar-refractivity contribution in [2.45, 2.75) is 25.9 Å². The molecular formula is C9H14O5. The number of carboxylic acid groups (broad SMARTS) is 2. The van der Waals surface area contributed by atoms with Crippen LogP contribution in [0, 0.1) is 11.8 Å². The van der Waals surface area contributed by atoms with Gasteiger partial charge in [-0.05, 0) is 20.3 Å². The number of ether oxygens (including phenoxy) is 1. The summed E-state index contributed by atoms with van der Waals surface area (Å²) in [4.78, 5) is 21.5. The van der Waals surface area contributed by atoms with E-state index in [1.165, 1.54) is 0 Å². The minimum Gasteiger partial charge on any atom is -0.481 e. The van der Waals surface area contributed by atoms with Gasteiger partial charge in [-0.25, -0.2) is 0 Å². The van der Waals surface area contributed by atoms with E-state index >= 15 is 0 Å². The van der Waals surface area contributed by atoms with E-state index in [0.29, 0.717) is 0 Å². The highest BCUT2D eigenvalue weighted by molar-refractivity contribution is 5.75. The third-order valence-corrected chi connectivity index (χ3v) is 2.66. The summed E-state index contributed by atoms with van der Waals surface area (Å²) in [5.41, 5.74) is -0.780. The first kappa shape index (κ1) is 11.0. The Morgan fingerprint density at radius 1 is 1.29 bits per heavy atom. The molecule has 1 aliphatic heterocycles. The molecule has 0 bridgehead atoms. The van der Waals surface area contributed by atoms with Crippen molar-refractivity contribution in [3.8, 4) is 0 Å². The molecular weight excluding hydrogens is 188 g/mol. The second-order valence-electron chi connectivity index (χ2n) is 4.08. The monoisotopic (exact) mass is 202 g/mol.